The van der Waals surface area contributed by atoms with Gasteiger partial charge in [0.15, 0.2) is 0 Å². The summed E-state index contributed by atoms with van der Waals surface area (Å²) in [4.78, 5) is 13.8. The molecule has 1 heterocycles. The van der Waals surface area contributed by atoms with E-state index < -0.39 is 22.2 Å². The molecule has 1 aromatic heterocycles. The predicted molar refractivity (Wildman–Crippen MR) is 73.9 cm³/mol. The van der Waals surface area contributed by atoms with Gasteiger partial charge in [0.2, 0.25) is 5.82 Å². The minimum atomic E-state index is -0.910. The van der Waals surface area contributed by atoms with E-state index in [0.717, 1.165) is 18.3 Å². The van der Waals surface area contributed by atoms with Crippen LogP contribution in [-0.2, 0) is 0 Å². The van der Waals surface area contributed by atoms with Crippen molar-refractivity contribution >= 4 is 11.4 Å². The quantitative estimate of drug-likeness (QED) is 0.672. The van der Waals surface area contributed by atoms with Crippen molar-refractivity contribution in [3.05, 3.63) is 64.0 Å². The summed E-state index contributed by atoms with van der Waals surface area (Å²) in [7, 11) is 0. The molecule has 0 radical (unpaired) electrons. The topological polar surface area (TPSA) is 68.1 Å². The molecule has 21 heavy (non-hydrogen) atoms. The van der Waals surface area contributed by atoms with Gasteiger partial charge in [-0.1, -0.05) is 6.92 Å². The van der Waals surface area contributed by atoms with Gasteiger partial charge in [0.1, 0.15) is 5.82 Å². The third-order valence-electron chi connectivity index (χ3n) is 3.00. The third-order valence-corrected chi connectivity index (χ3v) is 3.00. The molecule has 0 amide bonds. The first-order valence-electron chi connectivity index (χ1n) is 6.33. The zero-order valence-electron chi connectivity index (χ0n) is 11.2. The molecule has 0 aliphatic carbocycles. The molecule has 7 heteroatoms. The second-order valence-electron chi connectivity index (χ2n) is 4.43. The van der Waals surface area contributed by atoms with Crippen LogP contribution < -0.4 is 5.32 Å². The van der Waals surface area contributed by atoms with Gasteiger partial charge in [-0.15, -0.1) is 0 Å². The molecule has 1 aromatic carbocycles. The van der Waals surface area contributed by atoms with Gasteiger partial charge in [-0.3, -0.25) is 15.1 Å². The maximum Gasteiger partial charge on any atom is 0.304 e. The predicted octanol–water partition coefficient (Wildman–Crippen LogP) is 3.83. The van der Waals surface area contributed by atoms with Crippen LogP contribution in [0.25, 0.3) is 0 Å². The molecular weight excluding hydrogens is 280 g/mol. The van der Waals surface area contributed by atoms with Gasteiger partial charge < -0.3 is 5.32 Å². The van der Waals surface area contributed by atoms with Crippen molar-refractivity contribution in [1.29, 1.82) is 0 Å². The zero-order valence-corrected chi connectivity index (χ0v) is 11.2. The molecule has 1 atom stereocenters. The van der Waals surface area contributed by atoms with E-state index in [9.17, 15) is 18.9 Å². The molecule has 0 saturated heterocycles. The van der Waals surface area contributed by atoms with Crippen LogP contribution in [-0.4, -0.2) is 9.91 Å². The van der Waals surface area contributed by atoms with Gasteiger partial charge in [-0.05, 0) is 24.6 Å². The zero-order chi connectivity index (χ0) is 15.4. The van der Waals surface area contributed by atoms with Gasteiger partial charge in [-0.25, -0.2) is 4.39 Å². The van der Waals surface area contributed by atoms with E-state index in [2.05, 4.69) is 10.3 Å². The van der Waals surface area contributed by atoms with Crippen LogP contribution >= 0.6 is 0 Å². The lowest BCUT2D eigenvalue weighted by atomic mass is 10.1. The Morgan fingerprint density at radius 3 is 2.62 bits per heavy atom. The molecule has 0 fully saturated rings. The standard InChI is InChI=1S/C14H13F2N3O2/c1-2-12(13-5-3-9(15)8-17-13)18-10-4-6-14(19(20)21)11(16)7-10/h3-8,12,18H,2H2,1H3. The average Bonchev–Trinajstić information content (AvgIpc) is 2.45. The van der Waals surface area contributed by atoms with Gasteiger partial charge in [0.25, 0.3) is 0 Å². The maximum absolute atomic E-state index is 13.6. The molecule has 0 bridgehead atoms. The summed E-state index contributed by atoms with van der Waals surface area (Å²) in [5, 5.41) is 13.6. The van der Waals surface area contributed by atoms with E-state index in [0.29, 0.717) is 17.8 Å². The van der Waals surface area contributed by atoms with Crippen LogP contribution in [0, 0.1) is 21.7 Å². The Morgan fingerprint density at radius 1 is 1.33 bits per heavy atom. The normalized spacial score (nSPS) is 12.0. The number of rotatable bonds is 5. The molecule has 2 rings (SSSR count). The SMILES string of the molecule is CCC(Nc1ccc([N+](=O)[O-])c(F)c1)c1ccc(F)cn1. The second kappa shape index (κ2) is 6.25. The summed E-state index contributed by atoms with van der Waals surface area (Å²) in [6, 6.07) is 6.17. The molecule has 2 aromatic rings. The highest BCUT2D eigenvalue weighted by Crippen LogP contribution is 2.25. The first-order valence-corrected chi connectivity index (χ1v) is 6.33. The van der Waals surface area contributed by atoms with Gasteiger partial charge >= 0.3 is 5.69 Å². The molecule has 0 spiro atoms. The number of hydrogen-bond donors (Lipinski definition) is 1. The summed E-state index contributed by atoms with van der Waals surface area (Å²) >= 11 is 0. The first-order chi connectivity index (χ1) is 10.0. The Kier molecular flexibility index (Phi) is 4.42. The smallest absolute Gasteiger partial charge is 0.304 e. The maximum atomic E-state index is 13.6. The average molecular weight is 293 g/mol. The first kappa shape index (κ1) is 14.8. The van der Waals surface area contributed by atoms with Crippen LogP contribution in [0.2, 0.25) is 0 Å². The number of nitro groups is 1. The molecular formula is C14H13F2N3O2. The number of pyridine rings is 1. The summed E-state index contributed by atoms with van der Waals surface area (Å²) < 4.78 is 26.4. The fourth-order valence-electron chi connectivity index (χ4n) is 1.92. The number of anilines is 1. The van der Waals surface area contributed by atoms with Crippen molar-refractivity contribution in [2.75, 3.05) is 5.32 Å². The van der Waals surface area contributed by atoms with Crippen molar-refractivity contribution in [3.63, 3.8) is 0 Å². The van der Waals surface area contributed by atoms with Crippen molar-refractivity contribution in [2.24, 2.45) is 0 Å². The number of nitrogens with one attached hydrogen (secondary N) is 1. The van der Waals surface area contributed by atoms with Crippen LogP contribution in [0.3, 0.4) is 0 Å². The Bertz CT molecular complexity index is 647. The van der Waals surface area contributed by atoms with Crippen LogP contribution in [0.4, 0.5) is 20.2 Å². The Morgan fingerprint density at radius 2 is 2.10 bits per heavy atom. The molecule has 0 aliphatic rings. The molecule has 1 unspecified atom stereocenters. The summed E-state index contributed by atoms with van der Waals surface area (Å²) in [6.07, 6.45) is 1.74. The molecule has 0 saturated carbocycles. The highest BCUT2D eigenvalue weighted by molar-refractivity contribution is 5.50. The van der Waals surface area contributed by atoms with Crippen molar-refractivity contribution in [1.82, 2.24) is 4.98 Å². The number of hydrogen-bond acceptors (Lipinski definition) is 4. The van der Waals surface area contributed by atoms with Crippen molar-refractivity contribution in [3.8, 4) is 0 Å². The fraction of sp³-hybridized carbons (Fsp3) is 0.214. The van der Waals surface area contributed by atoms with E-state index in [1.165, 1.54) is 18.2 Å². The largest absolute Gasteiger partial charge is 0.377 e. The lowest BCUT2D eigenvalue weighted by Gasteiger charge is -2.17. The number of nitrogens with zero attached hydrogens (tertiary/aromatic N) is 2. The number of aromatic nitrogens is 1. The number of benzene rings is 1. The number of halogens is 2. The van der Waals surface area contributed by atoms with E-state index >= 15 is 0 Å². The van der Waals surface area contributed by atoms with Gasteiger partial charge in [0.05, 0.1) is 22.9 Å². The molecule has 0 aliphatic heterocycles. The molecule has 110 valence electrons. The highest BCUT2D eigenvalue weighted by atomic mass is 19.1. The minimum absolute atomic E-state index is 0.244. The van der Waals surface area contributed by atoms with E-state index in [-0.39, 0.29) is 6.04 Å². The lowest BCUT2D eigenvalue weighted by molar-refractivity contribution is -0.387. The summed E-state index contributed by atoms with van der Waals surface area (Å²) in [5.74, 6) is -1.35. The van der Waals surface area contributed by atoms with E-state index in [1.54, 1.807) is 0 Å². The Balaban J connectivity index is 2.20. The van der Waals surface area contributed by atoms with Crippen molar-refractivity contribution < 1.29 is 13.7 Å². The van der Waals surface area contributed by atoms with Crippen LogP contribution in [0.15, 0.2) is 36.5 Å². The lowest BCUT2D eigenvalue weighted by Crippen LogP contribution is -2.11. The second-order valence-corrected chi connectivity index (χ2v) is 4.43. The third kappa shape index (κ3) is 3.50. The number of nitro benzene ring substituents is 1. The fourth-order valence-corrected chi connectivity index (χ4v) is 1.92. The Hall–Kier alpha value is -2.57. The van der Waals surface area contributed by atoms with Crippen molar-refractivity contribution in [2.45, 2.75) is 19.4 Å². The van der Waals surface area contributed by atoms with Crippen LogP contribution in [0.5, 0.6) is 0 Å². The molecule has 1 N–H and O–H groups in total. The van der Waals surface area contributed by atoms with Gasteiger partial charge in [-0.2, -0.15) is 4.39 Å². The summed E-state index contributed by atoms with van der Waals surface area (Å²) in [6.45, 7) is 1.89. The summed E-state index contributed by atoms with van der Waals surface area (Å²) in [5.41, 5.74) is 0.433. The Labute approximate surface area is 119 Å². The highest BCUT2D eigenvalue weighted by Gasteiger charge is 2.16. The van der Waals surface area contributed by atoms with E-state index in [4.69, 9.17) is 0 Å². The minimum Gasteiger partial charge on any atom is -0.377 e. The molecule has 5 nitrogen and oxygen atoms in total. The van der Waals surface area contributed by atoms with Gasteiger partial charge in [0, 0.05) is 17.8 Å². The van der Waals surface area contributed by atoms with E-state index in [1.807, 2.05) is 6.92 Å². The monoisotopic (exact) mass is 293 g/mol. The van der Waals surface area contributed by atoms with Crippen LogP contribution in [0.1, 0.15) is 25.1 Å².